The molecule has 1 aromatic rings. The summed E-state index contributed by atoms with van der Waals surface area (Å²) < 4.78 is 0. The van der Waals surface area contributed by atoms with Crippen LogP contribution in [0.2, 0.25) is 0 Å². The summed E-state index contributed by atoms with van der Waals surface area (Å²) in [6.45, 7) is 1.91. The standard InChI is InChI=1S/C25H33N5O4/c31-22(26-18-8-9-18)16-4-2-12-29(14-16)24(33)20-6-1-7-21(28-20)25(34)30-13-3-5-17(15-30)23(32)27-19-10-11-19/h1,6-7,16-19H,2-5,8-15H2,(H,26,31)(H,27,32)/t16-,17+. The Morgan fingerprint density at radius 1 is 0.706 bits per heavy atom. The Hall–Kier alpha value is -2.97. The summed E-state index contributed by atoms with van der Waals surface area (Å²) in [5.74, 6) is -0.840. The Kier molecular flexibility index (Phi) is 6.52. The number of amides is 4. The van der Waals surface area contributed by atoms with Gasteiger partial charge in [0.15, 0.2) is 0 Å². The molecule has 9 heteroatoms. The molecule has 1 aromatic heterocycles. The maximum absolute atomic E-state index is 13.2. The second kappa shape index (κ2) is 9.72. The van der Waals surface area contributed by atoms with E-state index in [0.717, 1.165) is 51.4 Å². The summed E-state index contributed by atoms with van der Waals surface area (Å²) in [6, 6.07) is 5.52. The van der Waals surface area contributed by atoms with E-state index in [1.807, 2.05) is 0 Å². The fourth-order valence-electron chi connectivity index (χ4n) is 4.84. The first-order valence-corrected chi connectivity index (χ1v) is 12.6. The number of hydrogen-bond acceptors (Lipinski definition) is 5. The number of nitrogens with one attached hydrogen (secondary N) is 2. The molecule has 0 spiro atoms. The Morgan fingerprint density at radius 3 is 1.56 bits per heavy atom. The lowest BCUT2D eigenvalue weighted by atomic mass is 9.96. The molecule has 4 fully saturated rings. The maximum atomic E-state index is 13.2. The number of hydrogen-bond donors (Lipinski definition) is 2. The number of likely N-dealkylation sites (tertiary alicyclic amines) is 2. The van der Waals surface area contributed by atoms with Crippen LogP contribution in [-0.2, 0) is 9.59 Å². The van der Waals surface area contributed by atoms with E-state index in [1.54, 1.807) is 28.0 Å². The average Bonchev–Trinajstić information content (AvgIpc) is 3.81. The smallest absolute Gasteiger partial charge is 0.272 e. The van der Waals surface area contributed by atoms with Crippen molar-refractivity contribution in [1.82, 2.24) is 25.4 Å². The van der Waals surface area contributed by atoms with E-state index >= 15 is 0 Å². The minimum absolute atomic E-state index is 0.0299. The lowest BCUT2D eigenvalue weighted by Gasteiger charge is -2.32. The molecule has 34 heavy (non-hydrogen) atoms. The van der Waals surface area contributed by atoms with Crippen LogP contribution in [0.1, 0.15) is 72.3 Å². The van der Waals surface area contributed by atoms with Gasteiger partial charge in [0.05, 0.1) is 11.8 Å². The van der Waals surface area contributed by atoms with E-state index in [2.05, 4.69) is 15.6 Å². The van der Waals surface area contributed by atoms with Gasteiger partial charge in [-0.05, 0) is 63.5 Å². The van der Waals surface area contributed by atoms with Crippen LogP contribution in [-0.4, -0.2) is 76.7 Å². The molecule has 5 rings (SSSR count). The Bertz CT molecular complexity index is 901. The zero-order valence-electron chi connectivity index (χ0n) is 19.5. The number of nitrogens with zero attached hydrogens (tertiary/aromatic N) is 3. The Labute approximate surface area is 199 Å². The quantitative estimate of drug-likeness (QED) is 0.656. The normalized spacial score (nSPS) is 24.9. The van der Waals surface area contributed by atoms with Crippen LogP contribution >= 0.6 is 0 Å². The molecule has 2 N–H and O–H groups in total. The molecule has 2 aliphatic heterocycles. The van der Waals surface area contributed by atoms with Gasteiger partial charge in [-0.25, -0.2) is 4.98 Å². The molecule has 0 bridgehead atoms. The van der Waals surface area contributed by atoms with Crippen LogP contribution in [0.5, 0.6) is 0 Å². The Morgan fingerprint density at radius 2 is 1.15 bits per heavy atom. The summed E-state index contributed by atoms with van der Waals surface area (Å²) in [4.78, 5) is 59.0. The summed E-state index contributed by atoms with van der Waals surface area (Å²) in [6.07, 6.45) is 7.24. The van der Waals surface area contributed by atoms with Gasteiger partial charge in [-0.2, -0.15) is 0 Å². The van der Waals surface area contributed by atoms with E-state index in [0.29, 0.717) is 38.3 Å². The summed E-state index contributed by atoms with van der Waals surface area (Å²) in [5, 5.41) is 6.07. The van der Waals surface area contributed by atoms with Crippen molar-refractivity contribution in [3.63, 3.8) is 0 Å². The van der Waals surface area contributed by atoms with Crippen molar-refractivity contribution in [2.75, 3.05) is 26.2 Å². The van der Waals surface area contributed by atoms with Crippen LogP contribution < -0.4 is 10.6 Å². The van der Waals surface area contributed by atoms with Crippen LogP contribution in [0.25, 0.3) is 0 Å². The largest absolute Gasteiger partial charge is 0.353 e. The fraction of sp³-hybridized carbons (Fsp3) is 0.640. The highest BCUT2D eigenvalue weighted by atomic mass is 16.2. The Balaban J connectivity index is 1.21. The molecule has 0 unspecified atom stereocenters. The highest BCUT2D eigenvalue weighted by Crippen LogP contribution is 2.24. The van der Waals surface area contributed by atoms with E-state index in [9.17, 15) is 19.2 Å². The summed E-state index contributed by atoms with van der Waals surface area (Å²) in [7, 11) is 0. The van der Waals surface area contributed by atoms with E-state index in [1.165, 1.54) is 0 Å². The predicted molar refractivity (Wildman–Crippen MR) is 124 cm³/mol. The van der Waals surface area contributed by atoms with Crippen molar-refractivity contribution in [3.8, 4) is 0 Å². The molecule has 2 saturated carbocycles. The topological polar surface area (TPSA) is 112 Å². The lowest BCUT2D eigenvalue weighted by Crippen LogP contribution is -2.46. The highest BCUT2D eigenvalue weighted by Gasteiger charge is 2.34. The van der Waals surface area contributed by atoms with Gasteiger partial charge < -0.3 is 20.4 Å². The zero-order valence-corrected chi connectivity index (χ0v) is 19.5. The summed E-state index contributed by atoms with van der Waals surface area (Å²) >= 11 is 0. The van der Waals surface area contributed by atoms with Crippen LogP contribution in [0, 0.1) is 11.8 Å². The predicted octanol–water partition coefficient (Wildman–Crippen LogP) is 1.34. The third kappa shape index (κ3) is 5.39. The van der Waals surface area contributed by atoms with Gasteiger partial charge in [-0.3, -0.25) is 19.2 Å². The molecule has 2 saturated heterocycles. The number of aromatic nitrogens is 1. The number of carbonyl (C=O) groups excluding carboxylic acids is 4. The van der Waals surface area contributed by atoms with Gasteiger partial charge in [0.2, 0.25) is 11.8 Å². The number of piperidine rings is 2. The third-order valence-electron chi connectivity index (χ3n) is 7.19. The monoisotopic (exact) mass is 467 g/mol. The molecule has 182 valence electrons. The molecule has 3 heterocycles. The van der Waals surface area contributed by atoms with Crippen molar-refractivity contribution >= 4 is 23.6 Å². The van der Waals surface area contributed by atoms with Gasteiger partial charge in [0, 0.05) is 38.3 Å². The first kappa shape index (κ1) is 22.8. The first-order valence-electron chi connectivity index (χ1n) is 12.6. The molecule has 2 aliphatic carbocycles. The molecule has 9 nitrogen and oxygen atoms in total. The molecule has 0 radical (unpaired) electrons. The van der Waals surface area contributed by atoms with Gasteiger partial charge in [0.1, 0.15) is 11.4 Å². The van der Waals surface area contributed by atoms with Gasteiger partial charge in [-0.15, -0.1) is 0 Å². The number of rotatable bonds is 6. The second-order valence-corrected chi connectivity index (χ2v) is 10.2. The van der Waals surface area contributed by atoms with Gasteiger partial charge in [-0.1, -0.05) is 6.07 Å². The molecule has 2 atom stereocenters. The molecule has 0 aromatic carbocycles. The highest BCUT2D eigenvalue weighted by molar-refractivity contribution is 5.97. The number of carbonyl (C=O) groups is 4. The maximum Gasteiger partial charge on any atom is 0.272 e. The molecule has 4 amide bonds. The average molecular weight is 468 g/mol. The SMILES string of the molecule is O=C(NC1CC1)[C@@H]1CCCN(C(=O)c2cccc(C(=O)N3CCC[C@H](C(=O)NC4CC4)C3)n2)C1. The van der Waals surface area contributed by atoms with E-state index < -0.39 is 0 Å². The fourth-order valence-corrected chi connectivity index (χ4v) is 4.84. The molecular weight excluding hydrogens is 434 g/mol. The first-order chi connectivity index (χ1) is 16.5. The van der Waals surface area contributed by atoms with Crippen molar-refractivity contribution in [2.45, 2.75) is 63.5 Å². The molecule has 4 aliphatic rings. The van der Waals surface area contributed by atoms with E-state index in [4.69, 9.17) is 0 Å². The van der Waals surface area contributed by atoms with Gasteiger partial charge in [0.25, 0.3) is 11.8 Å². The van der Waals surface area contributed by atoms with Crippen molar-refractivity contribution < 1.29 is 19.2 Å². The number of pyridine rings is 1. The van der Waals surface area contributed by atoms with Gasteiger partial charge >= 0.3 is 0 Å². The van der Waals surface area contributed by atoms with Crippen LogP contribution in [0.15, 0.2) is 18.2 Å². The summed E-state index contributed by atoms with van der Waals surface area (Å²) in [5.41, 5.74) is 0.434. The van der Waals surface area contributed by atoms with Crippen molar-refractivity contribution in [2.24, 2.45) is 11.8 Å². The minimum atomic E-state index is -0.251. The van der Waals surface area contributed by atoms with Crippen LogP contribution in [0.3, 0.4) is 0 Å². The minimum Gasteiger partial charge on any atom is -0.353 e. The van der Waals surface area contributed by atoms with Crippen LogP contribution in [0.4, 0.5) is 0 Å². The lowest BCUT2D eigenvalue weighted by molar-refractivity contribution is -0.127. The van der Waals surface area contributed by atoms with E-state index in [-0.39, 0.29) is 46.9 Å². The zero-order chi connectivity index (χ0) is 23.7. The van der Waals surface area contributed by atoms with Crippen molar-refractivity contribution in [1.29, 1.82) is 0 Å². The third-order valence-corrected chi connectivity index (χ3v) is 7.19. The van der Waals surface area contributed by atoms with Crippen molar-refractivity contribution in [3.05, 3.63) is 29.6 Å². The molecular formula is C25H33N5O4. The second-order valence-electron chi connectivity index (χ2n) is 10.2.